The highest BCUT2D eigenvalue weighted by Crippen LogP contribution is 2.25. The number of nitrogens with one attached hydrogen (secondary N) is 2. The molecule has 1 amide bonds. The van der Waals surface area contributed by atoms with Gasteiger partial charge in [0.25, 0.3) is 5.91 Å². The molecule has 2 rings (SSSR count). The van der Waals surface area contributed by atoms with Crippen LogP contribution < -0.4 is 10.6 Å². The van der Waals surface area contributed by atoms with Gasteiger partial charge in [-0.25, -0.2) is 0 Å². The van der Waals surface area contributed by atoms with Crippen molar-refractivity contribution in [2.75, 3.05) is 10.6 Å². The van der Waals surface area contributed by atoms with E-state index in [1.807, 2.05) is 6.07 Å². The zero-order valence-corrected chi connectivity index (χ0v) is 14.7. The molecule has 0 aliphatic rings. The van der Waals surface area contributed by atoms with Crippen LogP contribution in [-0.4, -0.2) is 11.7 Å². The van der Waals surface area contributed by atoms with Crippen molar-refractivity contribution in [1.29, 1.82) is 5.26 Å². The standard InChI is InChI=1S/C18H13Cl2N3O2/c1-11(24)12-3-2-4-15(7-12)23-18(25)13(9-21)10-22-14-5-6-16(19)17(20)8-14/h2-8,10,22H,1H3,(H,23,25)/b13-10-. The molecule has 25 heavy (non-hydrogen) atoms. The summed E-state index contributed by atoms with van der Waals surface area (Å²) in [7, 11) is 0. The van der Waals surface area contributed by atoms with Crippen molar-refractivity contribution in [3.05, 3.63) is 69.8 Å². The molecule has 5 nitrogen and oxygen atoms in total. The molecule has 2 aromatic carbocycles. The molecule has 0 bridgehead atoms. The first-order valence-electron chi connectivity index (χ1n) is 7.15. The lowest BCUT2D eigenvalue weighted by molar-refractivity contribution is -0.112. The summed E-state index contributed by atoms with van der Waals surface area (Å²) in [4.78, 5) is 23.6. The van der Waals surface area contributed by atoms with Crippen LogP contribution in [0.1, 0.15) is 17.3 Å². The Morgan fingerprint density at radius 1 is 1.08 bits per heavy atom. The van der Waals surface area contributed by atoms with Crippen molar-refractivity contribution in [3.8, 4) is 6.07 Å². The predicted molar refractivity (Wildman–Crippen MR) is 98.9 cm³/mol. The molecule has 0 saturated carbocycles. The first-order chi connectivity index (χ1) is 11.9. The Hall–Kier alpha value is -2.81. The third kappa shape index (κ3) is 5.08. The number of benzene rings is 2. The van der Waals surface area contributed by atoms with Gasteiger partial charge < -0.3 is 10.6 Å². The fourth-order valence-electron chi connectivity index (χ4n) is 1.90. The SMILES string of the molecule is CC(=O)c1cccc(NC(=O)/C(C#N)=C\Nc2ccc(Cl)c(Cl)c2)c1. The average Bonchev–Trinajstić information content (AvgIpc) is 2.58. The molecule has 126 valence electrons. The van der Waals surface area contributed by atoms with Crippen LogP contribution in [-0.2, 0) is 4.79 Å². The van der Waals surface area contributed by atoms with Crippen LogP contribution in [0.5, 0.6) is 0 Å². The number of halogens is 2. The van der Waals surface area contributed by atoms with Gasteiger partial charge in [-0.1, -0.05) is 35.3 Å². The smallest absolute Gasteiger partial charge is 0.267 e. The number of rotatable bonds is 5. The molecular formula is C18H13Cl2N3O2. The van der Waals surface area contributed by atoms with Crippen LogP contribution in [0.15, 0.2) is 54.2 Å². The number of carbonyl (C=O) groups is 2. The number of hydrogen-bond donors (Lipinski definition) is 2. The van der Waals surface area contributed by atoms with E-state index < -0.39 is 5.91 Å². The van der Waals surface area contributed by atoms with Gasteiger partial charge in [-0.15, -0.1) is 0 Å². The molecule has 0 fully saturated rings. The van der Waals surface area contributed by atoms with Gasteiger partial charge in [-0.3, -0.25) is 9.59 Å². The van der Waals surface area contributed by atoms with E-state index in [2.05, 4.69) is 10.6 Å². The van der Waals surface area contributed by atoms with E-state index in [9.17, 15) is 14.9 Å². The number of carbonyl (C=O) groups excluding carboxylic acids is 2. The number of nitrogens with zero attached hydrogens (tertiary/aromatic N) is 1. The second-order valence-corrected chi connectivity index (χ2v) is 5.85. The molecule has 2 aromatic rings. The van der Waals surface area contributed by atoms with E-state index in [0.29, 0.717) is 27.0 Å². The van der Waals surface area contributed by atoms with Gasteiger partial charge in [0.1, 0.15) is 11.6 Å². The molecule has 0 atom stereocenters. The van der Waals surface area contributed by atoms with E-state index in [1.54, 1.807) is 42.5 Å². The van der Waals surface area contributed by atoms with E-state index >= 15 is 0 Å². The van der Waals surface area contributed by atoms with Crippen LogP contribution in [0.25, 0.3) is 0 Å². The van der Waals surface area contributed by atoms with E-state index in [0.717, 1.165) is 0 Å². The van der Waals surface area contributed by atoms with Crippen LogP contribution in [0.4, 0.5) is 11.4 Å². The second-order valence-electron chi connectivity index (χ2n) is 5.03. The highest BCUT2D eigenvalue weighted by atomic mass is 35.5. The zero-order valence-electron chi connectivity index (χ0n) is 13.1. The monoisotopic (exact) mass is 373 g/mol. The molecule has 0 aromatic heterocycles. The third-order valence-electron chi connectivity index (χ3n) is 3.19. The van der Waals surface area contributed by atoms with Crippen molar-refractivity contribution in [3.63, 3.8) is 0 Å². The Morgan fingerprint density at radius 3 is 2.48 bits per heavy atom. The molecule has 0 aliphatic carbocycles. The number of amides is 1. The Kier molecular flexibility index (Phi) is 6.18. The topological polar surface area (TPSA) is 82.0 Å². The largest absolute Gasteiger partial charge is 0.360 e. The molecule has 7 heteroatoms. The van der Waals surface area contributed by atoms with Crippen LogP contribution in [0.3, 0.4) is 0 Å². The highest BCUT2D eigenvalue weighted by molar-refractivity contribution is 6.42. The minimum absolute atomic E-state index is 0.117. The first kappa shape index (κ1) is 18.5. The summed E-state index contributed by atoms with van der Waals surface area (Å²) in [6.45, 7) is 1.43. The van der Waals surface area contributed by atoms with Gasteiger partial charge in [-0.05, 0) is 37.3 Å². The minimum atomic E-state index is -0.601. The molecule has 0 heterocycles. The third-order valence-corrected chi connectivity index (χ3v) is 3.93. The predicted octanol–water partition coefficient (Wildman–Crippen LogP) is 4.65. The Balaban J connectivity index is 2.12. The number of anilines is 2. The maximum absolute atomic E-state index is 12.2. The molecule has 2 N–H and O–H groups in total. The van der Waals surface area contributed by atoms with Gasteiger partial charge in [0.2, 0.25) is 0 Å². The lowest BCUT2D eigenvalue weighted by Gasteiger charge is -2.07. The summed E-state index contributed by atoms with van der Waals surface area (Å²) in [5.41, 5.74) is 1.33. The van der Waals surface area contributed by atoms with Gasteiger partial charge >= 0.3 is 0 Å². The number of ketones is 1. The Morgan fingerprint density at radius 2 is 1.84 bits per heavy atom. The van der Waals surface area contributed by atoms with Crippen molar-refractivity contribution < 1.29 is 9.59 Å². The highest BCUT2D eigenvalue weighted by Gasteiger charge is 2.10. The van der Waals surface area contributed by atoms with Crippen molar-refractivity contribution in [2.24, 2.45) is 0 Å². The number of Topliss-reactive ketones (excluding diaryl/α,β-unsaturated/α-hetero) is 1. The Bertz CT molecular complexity index is 901. The van der Waals surface area contributed by atoms with Crippen molar-refractivity contribution in [2.45, 2.75) is 6.92 Å². The summed E-state index contributed by atoms with van der Waals surface area (Å²) >= 11 is 11.7. The Labute approximate surface area is 154 Å². The maximum atomic E-state index is 12.2. The zero-order chi connectivity index (χ0) is 18.4. The van der Waals surface area contributed by atoms with Gasteiger partial charge in [0.15, 0.2) is 5.78 Å². The molecule has 0 saturated heterocycles. The number of nitriles is 1. The fourth-order valence-corrected chi connectivity index (χ4v) is 2.20. The molecule has 0 spiro atoms. The summed E-state index contributed by atoms with van der Waals surface area (Å²) in [6.07, 6.45) is 1.27. The van der Waals surface area contributed by atoms with Gasteiger partial charge in [0, 0.05) is 23.1 Å². The van der Waals surface area contributed by atoms with E-state index in [-0.39, 0.29) is 11.4 Å². The summed E-state index contributed by atoms with van der Waals surface area (Å²) in [6, 6.07) is 13.1. The molecule has 0 radical (unpaired) electrons. The molecular weight excluding hydrogens is 361 g/mol. The number of hydrogen-bond acceptors (Lipinski definition) is 4. The van der Waals surface area contributed by atoms with Crippen LogP contribution in [0, 0.1) is 11.3 Å². The van der Waals surface area contributed by atoms with Crippen LogP contribution in [0.2, 0.25) is 10.0 Å². The summed E-state index contributed by atoms with van der Waals surface area (Å²) in [5.74, 6) is -0.718. The molecule has 0 aliphatic heterocycles. The average molecular weight is 374 g/mol. The fraction of sp³-hybridized carbons (Fsp3) is 0.0556. The minimum Gasteiger partial charge on any atom is -0.360 e. The lowest BCUT2D eigenvalue weighted by Crippen LogP contribution is -2.14. The normalized spacial score (nSPS) is 10.7. The van der Waals surface area contributed by atoms with E-state index in [1.165, 1.54) is 13.1 Å². The first-order valence-corrected chi connectivity index (χ1v) is 7.90. The van der Waals surface area contributed by atoms with Gasteiger partial charge in [0.05, 0.1) is 10.0 Å². The lowest BCUT2D eigenvalue weighted by atomic mass is 10.1. The maximum Gasteiger partial charge on any atom is 0.267 e. The quantitative estimate of drug-likeness (QED) is 0.453. The summed E-state index contributed by atoms with van der Waals surface area (Å²) in [5, 5.41) is 15.3. The van der Waals surface area contributed by atoms with E-state index in [4.69, 9.17) is 23.2 Å². The summed E-state index contributed by atoms with van der Waals surface area (Å²) < 4.78 is 0. The second kappa shape index (κ2) is 8.34. The van der Waals surface area contributed by atoms with Crippen molar-refractivity contribution >= 4 is 46.3 Å². The van der Waals surface area contributed by atoms with Gasteiger partial charge in [-0.2, -0.15) is 5.26 Å². The van der Waals surface area contributed by atoms with Crippen LogP contribution >= 0.6 is 23.2 Å². The molecule has 0 unspecified atom stereocenters. The van der Waals surface area contributed by atoms with Crippen molar-refractivity contribution in [1.82, 2.24) is 0 Å².